The third-order valence-corrected chi connectivity index (χ3v) is 4.27. The minimum absolute atomic E-state index is 0.0382. The normalized spacial score (nSPS) is 10.5. The van der Waals surface area contributed by atoms with Gasteiger partial charge in [0.15, 0.2) is 11.4 Å². The molecule has 1 aromatic heterocycles. The van der Waals surface area contributed by atoms with Crippen LogP contribution in [0.2, 0.25) is 5.02 Å². The third-order valence-electron chi connectivity index (χ3n) is 3.85. The molecule has 7 nitrogen and oxygen atoms in total. The Hall–Kier alpha value is -3.32. The number of anilines is 2. The zero-order chi connectivity index (χ0) is 19.6. The van der Waals surface area contributed by atoms with Crippen LogP contribution in [-0.4, -0.2) is 15.7 Å². The summed E-state index contributed by atoms with van der Waals surface area (Å²) in [5.41, 5.74) is 1.15. The Bertz CT molecular complexity index is 1060. The number of carboxylic acids is 1. The van der Waals surface area contributed by atoms with Crippen LogP contribution < -0.4 is 20.7 Å². The maximum atomic E-state index is 12.5. The second-order valence-electron chi connectivity index (χ2n) is 5.82. The molecule has 0 aliphatic heterocycles. The van der Waals surface area contributed by atoms with Crippen LogP contribution in [-0.2, 0) is 7.05 Å². The van der Waals surface area contributed by atoms with E-state index in [1.165, 1.54) is 37.5 Å². The molecule has 27 heavy (non-hydrogen) atoms. The maximum absolute atomic E-state index is 12.5. The molecule has 0 unspecified atom stereocenters. The number of carboxylic acid groups (broad SMARTS) is 1. The summed E-state index contributed by atoms with van der Waals surface area (Å²) in [6.07, 6.45) is 1.42. The standard InChI is InChI=1S/C19H16ClN3O4/c1-11-9-14(7-8-15(11)20)27-16-10-21-23(2)18(24)17(16)22-13-5-3-12(4-6-13)19(25)26/h3-10,22H,1-2H3,(H,25,26)/p-1. The monoisotopic (exact) mass is 384 g/mol. The molecule has 0 saturated heterocycles. The van der Waals surface area contributed by atoms with E-state index >= 15 is 0 Å². The molecule has 0 fully saturated rings. The van der Waals surface area contributed by atoms with Gasteiger partial charge in [0.2, 0.25) is 0 Å². The minimum atomic E-state index is -1.27. The molecular formula is C19H15ClN3O4-. The van der Waals surface area contributed by atoms with Crippen molar-refractivity contribution in [3.8, 4) is 11.5 Å². The highest BCUT2D eigenvalue weighted by Gasteiger charge is 2.13. The van der Waals surface area contributed by atoms with E-state index in [2.05, 4.69) is 10.4 Å². The summed E-state index contributed by atoms with van der Waals surface area (Å²) in [6, 6.07) is 11.0. The number of nitrogens with zero attached hydrogens (tertiary/aromatic N) is 2. The first-order valence-corrected chi connectivity index (χ1v) is 8.31. The molecule has 8 heteroatoms. The lowest BCUT2D eigenvalue weighted by Crippen LogP contribution is -2.23. The summed E-state index contributed by atoms with van der Waals surface area (Å²) >= 11 is 6.02. The van der Waals surface area contributed by atoms with E-state index in [4.69, 9.17) is 16.3 Å². The van der Waals surface area contributed by atoms with Crippen LogP contribution in [0.5, 0.6) is 11.5 Å². The summed E-state index contributed by atoms with van der Waals surface area (Å²) in [6.45, 7) is 1.84. The Morgan fingerprint density at radius 1 is 1.22 bits per heavy atom. The Labute approximate surface area is 159 Å². The van der Waals surface area contributed by atoms with E-state index < -0.39 is 11.5 Å². The highest BCUT2D eigenvalue weighted by molar-refractivity contribution is 6.31. The van der Waals surface area contributed by atoms with Gasteiger partial charge in [0.25, 0.3) is 5.56 Å². The first-order chi connectivity index (χ1) is 12.8. The molecule has 2 aromatic carbocycles. The summed E-state index contributed by atoms with van der Waals surface area (Å²) in [5, 5.41) is 18.4. The smallest absolute Gasteiger partial charge is 0.294 e. The van der Waals surface area contributed by atoms with Crippen LogP contribution in [0.15, 0.2) is 53.5 Å². The highest BCUT2D eigenvalue weighted by Crippen LogP contribution is 2.30. The topological polar surface area (TPSA) is 96.3 Å². The van der Waals surface area contributed by atoms with Crippen molar-refractivity contribution in [1.29, 1.82) is 0 Å². The fourth-order valence-corrected chi connectivity index (χ4v) is 2.47. The van der Waals surface area contributed by atoms with E-state index in [1.54, 1.807) is 18.2 Å². The molecule has 0 amide bonds. The zero-order valence-corrected chi connectivity index (χ0v) is 15.3. The van der Waals surface area contributed by atoms with Crippen molar-refractivity contribution in [2.75, 3.05) is 5.32 Å². The van der Waals surface area contributed by atoms with Crippen LogP contribution in [0, 0.1) is 6.92 Å². The number of rotatable bonds is 5. The first kappa shape index (κ1) is 18.5. The number of aromatic nitrogens is 2. The number of carbonyl (C=O) groups excluding carboxylic acids is 1. The molecular weight excluding hydrogens is 370 g/mol. The van der Waals surface area contributed by atoms with Crippen LogP contribution in [0.25, 0.3) is 0 Å². The van der Waals surface area contributed by atoms with Gasteiger partial charge in [-0.15, -0.1) is 0 Å². The SMILES string of the molecule is Cc1cc(Oc2cnn(C)c(=O)c2Nc2ccc(C(=O)[O-])cc2)ccc1Cl. The predicted octanol–water partition coefficient (Wildman–Crippen LogP) is 2.64. The van der Waals surface area contributed by atoms with Crippen LogP contribution >= 0.6 is 11.6 Å². The van der Waals surface area contributed by atoms with Gasteiger partial charge in [0.1, 0.15) is 5.75 Å². The lowest BCUT2D eigenvalue weighted by atomic mass is 10.2. The molecule has 0 atom stereocenters. The highest BCUT2D eigenvalue weighted by atomic mass is 35.5. The molecule has 3 rings (SSSR count). The molecule has 0 aliphatic rings. The number of aromatic carboxylic acids is 1. The molecule has 1 heterocycles. The second kappa shape index (κ2) is 7.51. The van der Waals surface area contributed by atoms with Crippen molar-refractivity contribution in [2.24, 2.45) is 7.05 Å². The number of carbonyl (C=O) groups is 1. The molecule has 138 valence electrons. The van der Waals surface area contributed by atoms with Gasteiger partial charge in [0.05, 0.1) is 12.2 Å². The Morgan fingerprint density at radius 3 is 2.56 bits per heavy atom. The molecule has 0 bridgehead atoms. The van der Waals surface area contributed by atoms with Gasteiger partial charge in [-0.25, -0.2) is 4.68 Å². The second-order valence-corrected chi connectivity index (χ2v) is 6.22. The average molecular weight is 385 g/mol. The Morgan fingerprint density at radius 2 is 1.93 bits per heavy atom. The number of benzene rings is 2. The number of hydrogen-bond donors (Lipinski definition) is 1. The maximum Gasteiger partial charge on any atom is 0.294 e. The van der Waals surface area contributed by atoms with Gasteiger partial charge < -0.3 is 20.0 Å². The van der Waals surface area contributed by atoms with E-state index in [1.807, 2.05) is 6.92 Å². The van der Waals surface area contributed by atoms with E-state index in [0.717, 1.165) is 10.2 Å². The van der Waals surface area contributed by atoms with Crippen molar-refractivity contribution in [1.82, 2.24) is 9.78 Å². The number of aryl methyl sites for hydroxylation is 2. The predicted molar refractivity (Wildman–Crippen MR) is 99.8 cm³/mol. The van der Waals surface area contributed by atoms with Gasteiger partial charge in [-0.1, -0.05) is 23.7 Å². The van der Waals surface area contributed by atoms with Crippen molar-refractivity contribution < 1.29 is 14.6 Å². The Kier molecular flexibility index (Phi) is 5.14. The van der Waals surface area contributed by atoms with Crippen molar-refractivity contribution in [3.63, 3.8) is 0 Å². The minimum Gasteiger partial charge on any atom is -0.545 e. The third kappa shape index (κ3) is 4.09. The Balaban J connectivity index is 1.96. The number of ether oxygens (including phenoxy) is 1. The van der Waals surface area contributed by atoms with Crippen LogP contribution in [0.3, 0.4) is 0 Å². The van der Waals surface area contributed by atoms with Crippen molar-refractivity contribution in [3.05, 3.63) is 75.2 Å². The number of halogens is 1. The fraction of sp³-hybridized carbons (Fsp3) is 0.105. The number of hydrogen-bond acceptors (Lipinski definition) is 6. The molecule has 0 aliphatic carbocycles. The summed E-state index contributed by atoms with van der Waals surface area (Å²) in [7, 11) is 1.52. The van der Waals surface area contributed by atoms with Crippen LogP contribution in [0.4, 0.5) is 11.4 Å². The zero-order valence-electron chi connectivity index (χ0n) is 14.5. The van der Waals surface area contributed by atoms with Gasteiger partial charge in [-0.3, -0.25) is 4.79 Å². The van der Waals surface area contributed by atoms with Crippen molar-refractivity contribution >= 4 is 28.9 Å². The quantitative estimate of drug-likeness (QED) is 0.726. The van der Waals surface area contributed by atoms with E-state index in [9.17, 15) is 14.7 Å². The van der Waals surface area contributed by atoms with Gasteiger partial charge in [-0.2, -0.15) is 5.10 Å². The summed E-state index contributed by atoms with van der Waals surface area (Å²) < 4.78 is 6.98. The van der Waals surface area contributed by atoms with E-state index in [0.29, 0.717) is 16.5 Å². The molecule has 0 saturated carbocycles. The molecule has 1 N–H and O–H groups in total. The largest absolute Gasteiger partial charge is 0.545 e. The van der Waals surface area contributed by atoms with Gasteiger partial charge >= 0.3 is 0 Å². The lowest BCUT2D eigenvalue weighted by molar-refractivity contribution is -0.255. The molecule has 0 radical (unpaired) electrons. The number of nitrogens with one attached hydrogen (secondary N) is 1. The van der Waals surface area contributed by atoms with Crippen molar-refractivity contribution in [2.45, 2.75) is 6.92 Å². The fourth-order valence-electron chi connectivity index (χ4n) is 2.36. The molecule has 3 aromatic rings. The van der Waals surface area contributed by atoms with Crippen LogP contribution in [0.1, 0.15) is 15.9 Å². The summed E-state index contributed by atoms with van der Waals surface area (Å²) in [5.74, 6) is -0.547. The van der Waals surface area contributed by atoms with Gasteiger partial charge in [-0.05, 0) is 48.4 Å². The van der Waals surface area contributed by atoms with Gasteiger partial charge in [0, 0.05) is 17.8 Å². The summed E-state index contributed by atoms with van der Waals surface area (Å²) in [4.78, 5) is 23.4. The lowest BCUT2D eigenvalue weighted by Gasteiger charge is -2.14. The molecule has 0 spiro atoms. The van der Waals surface area contributed by atoms with E-state index in [-0.39, 0.29) is 17.0 Å². The average Bonchev–Trinajstić information content (AvgIpc) is 2.64. The first-order valence-electron chi connectivity index (χ1n) is 7.94.